The first-order chi connectivity index (χ1) is 12.3. The Kier molecular flexibility index (Phi) is 4.72. The van der Waals surface area contributed by atoms with Crippen LogP contribution in [0.2, 0.25) is 0 Å². The minimum absolute atomic E-state index is 0.0738. The number of H-pyrrole nitrogens is 1. The van der Waals surface area contributed by atoms with Crippen LogP contribution in [0.25, 0.3) is 10.7 Å². The average molecular weight is 352 g/mol. The summed E-state index contributed by atoms with van der Waals surface area (Å²) in [7, 11) is 0. The first kappa shape index (κ1) is 16.2. The first-order valence-electron chi connectivity index (χ1n) is 8.55. The van der Waals surface area contributed by atoms with E-state index in [4.69, 9.17) is 4.98 Å². The maximum absolute atomic E-state index is 12.1. The van der Waals surface area contributed by atoms with E-state index in [1.807, 2.05) is 35.8 Å². The fourth-order valence-electron chi connectivity index (χ4n) is 3.38. The van der Waals surface area contributed by atoms with Gasteiger partial charge in [-0.2, -0.15) is 0 Å². The second-order valence-electron chi connectivity index (χ2n) is 6.39. The summed E-state index contributed by atoms with van der Waals surface area (Å²) in [6.07, 6.45) is 4.02. The van der Waals surface area contributed by atoms with Crippen LogP contribution >= 0.6 is 11.3 Å². The third-order valence-corrected chi connectivity index (χ3v) is 5.43. The van der Waals surface area contributed by atoms with Crippen molar-refractivity contribution in [3.63, 3.8) is 0 Å². The van der Waals surface area contributed by atoms with Crippen molar-refractivity contribution in [3.8, 4) is 10.7 Å². The van der Waals surface area contributed by atoms with Crippen LogP contribution in [-0.2, 0) is 6.54 Å². The molecular weight excluding hydrogens is 332 g/mol. The summed E-state index contributed by atoms with van der Waals surface area (Å²) in [5.41, 5.74) is 1.91. The van der Waals surface area contributed by atoms with Crippen molar-refractivity contribution in [2.45, 2.75) is 25.3 Å². The lowest BCUT2D eigenvalue weighted by Gasteiger charge is -2.32. The number of thiophene rings is 1. The molecule has 0 amide bonds. The van der Waals surface area contributed by atoms with E-state index in [0.717, 1.165) is 48.7 Å². The van der Waals surface area contributed by atoms with Gasteiger partial charge in [0.25, 0.3) is 5.56 Å². The van der Waals surface area contributed by atoms with E-state index in [1.54, 1.807) is 17.4 Å². The van der Waals surface area contributed by atoms with Crippen molar-refractivity contribution in [1.82, 2.24) is 19.9 Å². The molecule has 1 saturated heterocycles. The lowest BCUT2D eigenvalue weighted by atomic mass is 9.94. The number of hydrogen-bond acceptors (Lipinski definition) is 5. The molecule has 5 nitrogen and oxygen atoms in total. The number of piperidine rings is 1. The predicted molar refractivity (Wildman–Crippen MR) is 99.7 cm³/mol. The van der Waals surface area contributed by atoms with Gasteiger partial charge in [0.2, 0.25) is 0 Å². The van der Waals surface area contributed by atoms with Gasteiger partial charge in [0.15, 0.2) is 0 Å². The number of aromatic nitrogens is 3. The molecule has 1 atom stereocenters. The van der Waals surface area contributed by atoms with Crippen LogP contribution in [0.4, 0.5) is 0 Å². The molecule has 1 aliphatic rings. The maximum Gasteiger partial charge on any atom is 0.251 e. The number of likely N-dealkylation sites (tertiary alicyclic amines) is 1. The van der Waals surface area contributed by atoms with Gasteiger partial charge in [-0.1, -0.05) is 12.1 Å². The molecule has 0 unspecified atom stereocenters. The molecular formula is C19H20N4OS. The smallest absolute Gasteiger partial charge is 0.251 e. The SMILES string of the molecule is O=c1cc([C@H]2CCCN(Cc3ccccn3)C2)nc(-c2cccs2)[nH]1. The van der Waals surface area contributed by atoms with Crippen molar-refractivity contribution in [1.29, 1.82) is 0 Å². The third kappa shape index (κ3) is 3.86. The molecule has 25 heavy (non-hydrogen) atoms. The zero-order chi connectivity index (χ0) is 17.1. The molecule has 3 aromatic heterocycles. The number of nitrogens with one attached hydrogen (secondary N) is 1. The van der Waals surface area contributed by atoms with Crippen LogP contribution < -0.4 is 5.56 Å². The number of hydrogen-bond donors (Lipinski definition) is 1. The summed E-state index contributed by atoms with van der Waals surface area (Å²) in [5.74, 6) is 0.970. The van der Waals surface area contributed by atoms with Gasteiger partial charge in [0.1, 0.15) is 5.82 Å². The van der Waals surface area contributed by atoms with Crippen molar-refractivity contribution in [3.05, 3.63) is 69.7 Å². The Morgan fingerprint density at radius 3 is 3.04 bits per heavy atom. The molecule has 0 aliphatic carbocycles. The summed E-state index contributed by atoms with van der Waals surface area (Å²) in [4.78, 5) is 27.5. The molecule has 4 heterocycles. The molecule has 1 fully saturated rings. The predicted octanol–water partition coefficient (Wildman–Crippen LogP) is 3.27. The van der Waals surface area contributed by atoms with Gasteiger partial charge < -0.3 is 4.98 Å². The highest BCUT2D eigenvalue weighted by atomic mass is 32.1. The fraction of sp³-hybridized carbons (Fsp3) is 0.316. The van der Waals surface area contributed by atoms with Gasteiger partial charge in [0, 0.05) is 31.3 Å². The summed E-state index contributed by atoms with van der Waals surface area (Å²) < 4.78 is 0. The van der Waals surface area contributed by atoms with Crippen molar-refractivity contribution >= 4 is 11.3 Å². The summed E-state index contributed by atoms with van der Waals surface area (Å²) >= 11 is 1.59. The highest BCUT2D eigenvalue weighted by Crippen LogP contribution is 2.27. The van der Waals surface area contributed by atoms with Gasteiger partial charge in [-0.25, -0.2) is 4.98 Å². The van der Waals surface area contributed by atoms with Crippen LogP contribution in [0, 0.1) is 0 Å². The molecule has 3 aromatic rings. The number of pyridine rings is 1. The van der Waals surface area contributed by atoms with Gasteiger partial charge in [0.05, 0.1) is 16.3 Å². The molecule has 0 aromatic carbocycles. The summed E-state index contributed by atoms with van der Waals surface area (Å²) in [6.45, 7) is 2.82. The average Bonchev–Trinajstić information content (AvgIpc) is 3.17. The van der Waals surface area contributed by atoms with Crippen LogP contribution in [-0.4, -0.2) is 32.9 Å². The van der Waals surface area contributed by atoms with Gasteiger partial charge in [-0.3, -0.25) is 14.7 Å². The Balaban J connectivity index is 1.54. The second kappa shape index (κ2) is 7.29. The Labute approximate surface area is 150 Å². The Morgan fingerprint density at radius 2 is 2.24 bits per heavy atom. The van der Waals surface area contributed by atoms with Crippen molar-refractivity contribution in [2.75, 3.05) is 13.1 Å². The standard InChI is InChI=1S/C19H20N4OS/c24-18-11-16(21-19(22-18)17-7-4-10-25-17)14-5-3-9-23(12-14)13-15-6-1-2-8-20-15/h1-2,4,6-8,10-11,14H,3,5,9,12-13H2,(H,21,22,24)/t14-/m0/s1. The summed E-state index contributed by atoms with van der Waals surface area (Å²) in [6, 6.07) is 11.6. The minimum Gasteiger partial charge on any atom is -0.306 e. The fourth-order valence-corrected chi connectivity index (χ4v) is 4.05. The highest BCUT2D eigenvalue weighted by Gasteiger charge is 2.23. The number of aromatic amines is 1. The molecule has 0 bridgehead atoms. The van der Waals surface area contributed by atoms with Crippen LogP contribution in [0.15, 0.2) is 52.8 Å². The van der Waals surface area contributed by atoms with E-state index in [-0.39, 0.29) is 5.56 Å². The Hall–Kier alpha value is -2.31. The quantitative estimate of drug-likeness (QED) is 0.783. The van der Waals surface area contributed by atoms with E-state index < -0.39 is 0 Å². The first-order valence-corrected chi connectivity index (χ1v) is 9.43. The molecule has 6 heteroatoms. The largest absolute Gasteiger partial charge is 0.306 e. The molecule has 1 N–H and O–H groups in total. The highest BCUT2D eigenvalue weighted by molar-refractivity contribution is 7.13. The topological polar surface area (TPSA) is 61.9 Å². The summed E-state index contributed by atoms with van der Waals surface area (Å²) in [5, 5.41) is 2.00. The van der Waals surface area contributed by atoms with E-state index in [1.165, 1.54) is 0 Å². The van der Waals surface area contributed by atoms with Gasteiger partial charge in [-0.05, 0) is 43.0 Å². The van der Waals surface area contributed by atoms with Crippen LogP contribution in [0.1, 0.15) is 30.1 Å². The molecule has 0 radical (unpaired) electrons. The van der Waals surface area contributed by atoms with Crippen molar-refractivity contribution < 1.29 is 0 Å². The molecule has 0 spiro atoms. The van der Waals surface area contributed by atoms with Gasteiger partial charge >= 0.3 is 0 Å². The molecule has 128 valence electrons. The second-order valence-corrected chi connectivity index (χ2v) is 7.34. The third-order valence-electron chi connectivity index (χ3n) is 4.55. The zero-order valence-electron chi connectivity index (χ0n) is 13.9. The van der Waals surface area contributed by atoms with E-state index in [0.29, 0.717) is 11.7 Å². The van der Waals surface area contributed by atoms with E-state index >= 15 is 0 Å². The lowest BCUT2D eigenvalue weighted by molar-refractivity contribution is 0.196. The number of rotatable bonds is 4. The maximum atomic E-state index is 12.1. The van der Waals surface area contributed by atoms with E-state index in [2.05, 4.69) is 20.9 Å². The molecule has 0 saturated carbocycles. The normalized spacial score (nSPS) is 18.3. The van der Waals surface area contributed by atoms with Crippen LogP contribution in [0.3, 0.4) is 0 Å². The van der Waals surface area contributed by atoms with Crippen molar-refractivity contribution in [2.24, 2.45) is 0 Å². The lowest BCUT2D eigenvalue weighted by Crippen LogP contribution is -2.34. The zero-order valence-corrected chi connectivity index (χ0v) is 14.7. The monoisotopic (exact) mass is 352 g/mol. The molecule has 1 aliphatic heterocycles. The number of nitrogens with zero attached hydrogens (tertiary/aromatic N) is 3. The minimum atomic E-state index is -0.0738. The van der Waals surface area contributed by atoms with E-state index in [9.17, 15) is 4.79 Å². The van der Waals surface area contributed by atoms with Crippen LogP contribution in [0.5, 0.6) is 0 Å². The Bertz CT molecular complexity index is 876. The molecule has 4 rings (SSSR count). The Morgan fingerprint density at radius 1 is 1.28 bits per heavy atom. The van der Waals surface area contributed by atoms with Gasteiger partial charge in [-0.15, -0.1) is 11.3 Å².